The van der Waals surface area contributed by atoms with Crippen molar-refractivity contribution in [2.75, 3.05) is 4.90 Å². The molecule has 1 saturated heterocycles. The van der Waals surface area contributed by atoms with Crippen molar-refractivity contribution in [3.63, 3.8) is 0 Å². The topological polar surface area (TPSA) is 55.6 Å². The molecule has 1 atom stereocenters. The number of nitro benzene ring substituents is 1. The summed E-state index contributed by atoms with van der Waals surface area (Å²) in [7, 11) is 11.6. The first kappa shape index (κ1) is 34.6. The summed E-state index contributed by atoms with van der Waals surface area (Å²) in [6, 6.07) is 20.4. The maximum atomic E-state index is 10.7. The number of non-ortho nitro benzene ring substituents is 1. The van der Waals surface area contributed by atoms with Crippen LogP contribution in [-0.2, 0) is 25.4 Å². The second-order valence-corrected chi connectivity index (χ2v) is 19.1. The molecule has 8 heteroatoms. The van der Waals surface area contributed by atoms with Crippen LogP contribution in [0.5, 0.6) is 5.75 Å². The van der Waals surface area contributed by atoms with Crippen LogP contribution in [0.4, 0.5) is 11.4 Å². The Bertz CT molecular complexity index is 1510. The number of fused-ring (bicyclic) bond motifs is 2. The summed E-state index contributed by atoms with van der Waals surface area (Å²) in [5.41, 5.74) is 8.43. The normalized spacial score (nSPS) is 18.8. The smallest absolute Gasteiger partial charge is 0.0145 e. The standard InChI is InChI=1S/C26H34N.C10H11NO3.2ClH.Ru/c1-18(2)21-11-9-12-22(19(3)4)24(21)27-17-26(16-25(27,5)6)15-14-20-10-7-8-13-23(20)26;1-7(2)14-10-5-4-9(11(12)13)6-8(10)3;;;/h7-13,17-19H,14-16H2,1-6H3;3-7H,1-2H3;2*1H;/q-1;;;;+2/p-2/t26-;;;;/m0..../s1. The molecule has 0 unspecified atom stereocenters. The molecule has 3 aromatic rings. The van der Waals surface area contributed by atoms with E-state index in [9.17, 15) is 10.1 Å². The van der Waals surface area contributed by atoms with Crippen molar-refractivity contribution in [1.82, 2.24) is 0 Å². The van der Waals surface area contributed by atoms with Gasteiger partial charge in [-0.05, 0) is 55.2 Å². The van der Waals surface area contributed by atoms with Gasteiger partial charge in [-0.1, -0.05) is 82.1 Å². The fraction of sp³-hybridized carbons (Fsp3) is 0.444. The fourth-order valence-electron chi connectivity index (χ4n) is 6.69. The van der Waals surface area contributed by atoms with Gasteiger partial charge in [-0.2, -0.15) is 0 Å². The average Bonchev–Trinajstić information content (AvgIpc) is 3.43. The number of nitro groups is 1. The van der Waals surface area contributed by atoms with E-state index in [1.54, 1.807) is 21.8 Å². The van der Waals surface area contributed by atoms with Crippen LogP contribution < -0.4 is 9.64 Å². The predicted octanol–water partition coefficient (Wildman–Crippen LogP) is 10.4. The zero-order valence-electron chi connectivity index (χ0n) is 27.0. The maximum absolute atomic E-state index is 10.7. The van der Waals surface area contributed by atoms with E-state index in [4.69, 9.17) is 24.1 Å². The fourth-order valence-corrected chi connectivity index (χ4v) is 8.47. The van der Waals surface area contributed by atoms with Gasteiger partial charge in [0, 0.05) is 11.2 Å². The Hall–Kier alpha value is -2.27. The van der Waals surface area contributed by atoms with Crippen molar-refractivity contribution in [3.8, 4) is 5.75 Å². The van der Waals surface area contributed by atoms with E-state index in [2.05, 4.69) is 95.5 Å². The molecule has 5 nitrogen and oxygen atoms in total. The van der Waals surface area contributed by atoms with Gasteiger partial charge >= 0.3 is 112 Å². The molecule has 0 amide bonds. The molecule has 1 heterocycles. The Labute approximate surface area is 276 Å². The largest absolute Gasteiger partial charge is 0.517 e. The minimum absolute atomic E-state index is 0.00360. The summed E-state index contributed by atoms with van der Waals surface area (Å²) in [6.07, 6.45) is 3.63. The van der Waals surface area contributed by atoms with Gasteiger partial charge in [0.1, 0.15) is 0 Å². The van der Waals surface area contributed by atoms with Crippen LogP contribution in [-0.4, -0.2) is 21.2 Å². The summed E-state index contributed by atoms with van der Waals surface area (Å²) in [5, 5.41) is 10.7. The minimum Gasteiger partial charge on any atom is -0.517 e. The van der Waals surface area contributed by atoms with Crippen LogP contribution in [0.3, 0.4) is 0 Å². The molecule has 0 radical (unpaired) electrons. The molecule has 2 aliphatic rings. The maximum Gasteiger partial charge on any atom is 0.0145 e. The molecule has 5 rings (SSSR count). The number of aryl methyl sites for hydroxylation is 1. The van der Waals surface area contributed by atoms with Gasteiger partial charge in [0.25, 0.3) is 0 Å². The number of anilines is 1. The molecule has 3 aromatic carbocycles. The van der Waals surface area contributed by atoms with Gasteiger partial charge in [0.05, 0.1) is 0 Å². The zero-order chi connectivity index (χ0) is 32.4. The second-order valence-electron chi connectivity index (χ2n) is 13.3. The van der Waals surface area contributed by atoms with Crippen molar-refractivity contribution < 1.29 is 23.2 Å². The van der Waals surface area contributed by atoms with Crippen molar-refractivity contribution in [2.24, 2.45) is 0 Å². The van der Waals surface area contributed by atoms with Gasteiger partial charge in [0.2, 0.25) is 0 Å². The van der Waals surface area contributed by atoms with E-state index in [1.165, 1.54) is 48.2 Å². The molecule has 44 heavy (non-hydrogen) atoms. The van der Waals surface area contributed by atoms with Crippen LogP contribution in [0.25, 0.3) is 0 Å². The van der Waals surface area contributed by atoms with Gasteiger partial charge in [-0.3, -0.25) is 0 Å². The number of hydrogen-bond donors (Lipinski definition) is 0. The van der Waals surface area contributed by atoms with Crippen molar-refractivity contribution in [2.45, 2.75) is 104 Å². The summed E-state index contributed by atoms with van der Waals surface area (Å²) in [5.74, 6) is 1.61. The van der Waals surface area contributed by atoms with Crippen LogP contribution in [0.15, 0.2) is 60.7 Å². The van der Waals surface area contributed by atoms with Crippen LogP contribution >= 0.6 is 19.4 Å². The third kappa shape index (κ3) is 7.57. The second kappa shape index (κ2) is 14.0. The van der Waals surface area contributed by atoms with Gasteiger partial charge < -0.3 is 4.90 Å². The number of para-hydroxylation sites is 1. The number of rotatable bonds is 7. The number of halogens is 2. The van der Waals surface area contributed by atoms with Crippen LogP contribution in [0.1, 0.15) is 108 Å². The van der Waals surface area contributed by atoms with Crippen LogP contribution in [0.2, 0.25) is 0 Å². The predicted molar refractivity (Wildman–Crippen MR) is 182 cm³/mol. The number of nitrogens with zero attached hydrogens (tertiary/aromatic N) is 2. The Kier molecular flexibility index (Phi) is 11.0. The quantitative estimate of drug-likeness (QED) is 0.105. The first-order valence-corrected chi connectivity index (χ1v) is 20.8. The molecular weight excluding hydrogens is 680 g/mol. The number of hydrogen-bond acceptors (Lipinski definition) is 4. The first-order chi connectivity index (χ1) is 20.6. The molecule has 0 aromatic heterocycles. The Morgan fingerprint density at radius 2 is 1.61 bits per heavy atom. The van der Waals surface area contributed by atoms with E-state index >= 15 is 0 Å². The molecule has 0 bridgehead atoms. The van der Waals surface area contributed by atoms with Gasteiger partial charge in [-0.15, -0.1) is 5.41 Å². The molecule has 1 fully saturated rings. The molecule has 0 saturated carbocycles. The zero-order valence-corrected chi connectivity index (χ0v) is 30.3. The van der Waals surface area contributed by atoms with E-state index in [0.717, 1.165) is 0 Å². The monoisotopic (exact) mass is 725 g/mol. The number of benzene rings is 3. The van der Waals surface area contributed by atoms with Crippen molar-refractivity contribution in [1.29, 1.82) is 0 Å². The Balaban J connectivity index is 0.000000225. The van der Waals surface area contributed by atoms with E-state index in [-0.39, 0.29) is 22.7 Å². The van der Waals surface area contributed by atoms with Gasteiger partial charge in [0.15, 0.2) is 0 Å². The average molecular weight is 726 g/mol. The summed E-state index contributed by atoms with van der Waals surface area (Å²) >= 11 is -2.05. The summed E-state index contributed by atoms with van der Waals surface area (Å²) < 4.78 is 7.17. The first-order valence-electron chi connectivity index (χ1n) is 15.3. The molecule has 240 valence electrons. The third-order valence-electron chi connectivity index (χ3n) is 8.51. The van der Waals surface area contributed by atoms with E-state index in [1.807, 2.05) is 13.8 Å². The van der Waals surface area contributed by atoms with Crippen molar-refractivity contribution in [3.05, 3.63) is 105 Å². The molecule has 0 N–H and O–H groups in total. The Morgan fingerprint density at radius 1 is 0.977 bits per heavy atom. The molecular formula is C36H45Cl2N2O3Ru-. The number of ether oxygens (including phenoxy) is 1. The van der Waals surface area contributed by atoms with Gasteiger partial charge in [-0.25, -0.2) is 6.54 Å². The molecule has 1 aliphatic carbocycles. The molecule has 1 aliphatic heterocycles. The molecule has 1 spiro atoms. The van der Waals surface area contributed by atoms with E-state index < -0.39 is 18.4 Å². The van der Waals surface area contributed by atoms with Crippen LogP contribution in [0, 0.1) is 16.7 Å². The summed E-state index contributed by atoms with van der Waals surface area (Å²) in [4.78, 5) is 12.9. The van der Waals surface area contributed by atoms with E-state index in [0.29, 0.717) is 23.1 Å². The summed E-state index contributed by atoms with van der Waals surface area (Å²) in [6.45, 7) is 20.5. The van der Waals surface area contributed by atoms with Crippen molar-refractivity contribution >= 4 is 35.4 Å². The third-order valence-corrected chi connectivity index (χ3v) is 10.3. The Morgan fingerprint density at radius 3 is 2.18 bits per heavy atom. The SMILES string of the molecule is CC(C)Oc1ccc([N+](=O)[O-])cc1[CH]=[Ru]([Cl])[Cl].CC(C)c1cccc(C(C)C)c1N1[CH-][C@]2(CCc3ccccc32)CC1(C)C. The minimum atomic E-state index is -2.05.